The SMILES string of the molecule is Cc1ccc(C(=O)O)cc1NCc1cnc2ccccc2c1. The van der Waals surface area contributed by atoms with E-state index < -0.39 is 5.97 Å². The first kappa shape index (κ1) is 14.1. The van der Waals surface area contributed by atoms with Crippen molar-refractivity contribution in [3.63, 3.8) is 0 Å². The van der Waals surface area contributed by atoms with Crippen LogP contribution in [0.2, 0.25) is 0 Å². The van der Waals surface area contributed by atoms with E-state index in [1.807, 2.05) is 43.5 Å². The van der Waals surface area contributed by atoms with Gasteiger partial charge in [-0.1, -0.05) is 24.3 Å². The second kappa shape index (κ2) is 5.85. The average molecular weight is 292 g/mol. The minimum absolute atomic E-state index is 0.282. The fraction of sp³-hybridized carbons (Fsp3) is 0.111. The molecule has 0 radical (unpaired) electrons. The summed E-state index contributed by atoms with van der Waals surface area (Å²) in [5.74, 6) is -0.921. The number of carboxylic acids is 1. The number of benzene rings is 2. The molecule has 2 aromatic carbocycles. The minimum Gasteiger partial charge on any atom is -0.478 e. The van der Waals surface area contributed by atoms with Gasteiger partial charge in [0.05, 0.1) is 11.1 Å². The molecule has 0 amide bonds. The van der Waals surface area contributed by atoms with E-state index in [-0.39, 0.29) is 5.56 Å². The van der Waals surface area contributed by atoms with E-state index >= 15 is 0 Å². The summed E-state index contributed by atoms with van der Waals surface area (Å²) in [6.07, 6.45) is 1.84. The molecule has 3 aromatic rings. The van der Waals surface area contributed by atoms with Crippen LogP contribution in [0.25, 0.3) is 10.9 Å². The molecule has 1 heterocycles. The number of carbonyl (C=O) groups is 1. The molecule has 110 valence electrons. The van der Waals surface area contributed by atoms with Gasteiger partial charge in [-0.25, -0.2) is 4.79 Å². The maximum atomic E-state index is 11.0. The van der Waals surface area contributed by atoms with Gasteiger partial charge in [-0.2, -0.15) is 0 Å². The van der Waals surface area contributed by atoms with Crippen LogP contribution in [0.1, 0.15) is 21.5 Å². The number of fused-ring (bicyclic) bond motifs is 1. The molecule has 0 atom stereocenters. The molecule has 0 saturated heterocycles. The zero-order valence-corrected chi connectivity index (χ0v) is 12.2. The number of nitrogens with zero attached hydrogens (tertiary/aromatic N) is 1. The van der Waals surface area contributed by atoms with E-state index in [4.69, 9.17) is 5.11 Å². The van der Waals surface area contributed by atoms with E-state index in [2.05, 4.69) is 16.4 Å². The van der Waals surface area contributed by atoms with E-state index in [9.17, 15) is 4.79 Å². The normalized spacial score (nSPS) is 10.6. The summed E-state index contributed by atoms with van der Waals surface area (Å²) in [5, 5.41) is 13.4. The Morgan fingerprint density at radius 2 is 2.00 bits per heavy atom. The highest BCUT2D eigenvalue weighted by Gasteiger charge is 2.06. The molecule has 0 saturated carbocycles. The largest absolute Gasteiger partial charge is 0.478 e. The molecule has 0 fully saturated rings. The number of nitrogens with one attached hydrogen (secondary N) is 1. The third-order valence-electron chi connectivity index (χ3n) is 3.61. The van der Waals surface area contributed by atoms with Crippen LogP contribution in [0.3, 0.4) is 0 Å². The van der Waals surface area contributed by atoms with Crippen molar-refractivity contribution in [2.75, 3.05) is 5.32 Å². The number of aromatic nitrogens is 1. The maximum absolute atomic E-state index is 11.0. The summed E-state index contributed by atoms with van der Waals surface area (Å²) in [6.45, 7) is 2.55. The van der Waals surface area contributed by atoms with Gasteiger partial charge >= 0.3 is 5.97 Å². The number of aryl methyl sites for hydroxylation is 1. The number of carboxylic acid groups (broad SMARTS) is 1. The van der Waals surface area contributed by atoms with Gasteiger partial charge in [0, 0.05) is 23.8 Å². The Kier molecular flexibility index (Phi) is 3.74. The van der Waals surface area contributed by atoms with Gasteiger partial charge in [0.1, 0.15) is 0 Å². The van der Waals surface area contributed by atoms with Crippen LogP contribution >= 0.6 is 0 Å². The molecule has 4 nitrogen and oxygen atoms in total. The molecule has 22 heavy (non-hydrogen) atoms. The Labute approximate surface area is 128 Å². The van der Waals surface area contributed by atoms with Crippen molar-refractivity contribution in [3.05, 3.63) is 71.4 Å². The molecule has 2 N–H and O–H groups in total. The van der Waals surface area contributed by atoms with Crippen molar-refractivity contribution in [1.82, 2.24) is 4.98 Å². The van der Waals surface area contributed by atoms with Gasteiger partial charge in [0.25, 0.3) is 0 Å². The first-order chi connectivity index (χ1) is 10.6. The van der Waals surface area contributed by atoms with Gasteiger partial charge in [0.15, 0.2) is 0 Å². The first-order valence-electron chi connectivity index (χ1n) is 7.05. The van der Waals surface area contributed by atoms with Crippen molar-refractivity contribution >= 4 is 22.6 Å². The monoisotopic (exact) mass is 292 g/mol. The molecule has 0 spiro atoms. The lowest BCUT2D eigenvalue weighted by Gasteiger charge is -2.11. The van der Waals surface area contributed by atoms with Gasteiger partial charge in [-0.15, -0.1) is 0 Å². The first-order valence-corrected chi connectivity index (χ1v) is 7.05. The molecule has 0 aliphatic heterocycles. The number of hydrogen-bond donors (Lipinski definition) is 2. The van der Waals surface area contributed by atoms with Crippen molar-refractivity contribution < 1.29 is 9.90 Å². The van der Waals surface area contributed by atoms with Gasteiger partial charge < -0.3 is 10.4 Å². The van der Waals surface area contributed by atoms with Crippen molar-refractivity contribution in [2.45, 2.75) is 13.5 Å². The summed E-state index contributed by atoms with van der Waals surface area (Å²) in [5.41, 5.74) is 4.14. The Morgan fingerprint density at radius 1 is 1.18 bits per heavy atom. The number of para-hydroxylation sites is 1. The second-order valence-corrected chi connectivity index (χ2v) is 5.22. The molecular weight excluding hydrogens is 276 g/mol. The van der Waals surface area contributed by atoms with Crippen LogP contribution in [0.5, 0.6) is 0 Å². The highest BCUT2D eigenvalue weighted by atomic mass is 16.4. The minimum atomic E-state index is -0.921. The van der Waals surface area contributed by atoms with Crippen molar-refractivity contribution in [3.8, 4) is 0 Å². The fourth-order valence-electron chi connectivity index (χ4n) is 2.36. The van der Waals surface area contributed by atoms with E-state index in [0.717, 1.165) is 27.7 Å². The standard InChI is InChI=1S/C18H16N2O2/c1-12-6-7-15(18(21)22)9-17(12)20-11-13-8-14-4-2-3-5-16(14)19-10-13/h2-10,20H,11H2,1H3,(H,21,22). The molecular formula is C18H16N2O2. The molecule has 0 aliphatic rings. The maximum Gasteiger partial charge on any atom is 0.335 e. The molecule has 4 heteroatoms. The van der Waals surface area contributed by atoms with Crippen molar-refractivity contribution in [2.24, 2.45) is 0 Å². The number of pyridine rings is 1. The Morgan fingerprint density at radius 3 is 2.82 bits per heavy atom. The Bertz CT molecular complexity index is 843. The summed E-state index contributed by atoms with van der Waals surface area (Å²) in [7, 11) is 0. The summed E-state index contributed by atoms with van der Waals surface area (Å²) in [6, 6.07) is 15.1. The highest BCUT2D eigenvalue weighted by molar-refractivity contribution is 5.89. The zero-order valence-electron chi connectivity index (χ0n) is 12.2. The summed E-state index contributed by atoms with van der Waals surface area (Å²) in [4.78, 5) is 15.5. The molecule has 0 bridgehead atoms. The van der Waals surface area contributed by atoms with E-state index in [0.29, 0.717) is 6.54 Å². The Hall–Kier alpha value is -2.88. The summed E-state index contributed by atoms with van der Waals surface area (Å²) >= 11 is 0. The third-order valence-corrected chi connectivity index (χ3v) is 3.61. The van der Waals surface area contributed by atoms with Gasteiger partial charge in [-0.05, 0) is 42.3 Å². The van der Waals surface area contributed by atoms with Crippen LogP contribution in [-0.4, -0.2) is 16.1 Å². The lowest BCUT2D eigenvalue weighted by atomic mass is 10.1. The zero-order chi connectivity index (χ0) is 15.5. The van der Waals surface area contributed by atoms with Crippen LogP contribution < -0.4 is 5.32 Å². The van der Waals surface area contributed by atoms with Crippen molar-refractivity contribution in [1.29, 1.82) is 0 Å². The molecule has 3 rings (SSSR count). The summed E-state index contributed by atoms with van der Waals surface area (Å²) < 4.78 is 0. The smallest absolute Gasteiger partial charge is 0.335 e. The van der Waals surface area contributed by atoms with Gasteiger partial charge in [0.2, 0.25) is 0 Å². The fourth-order valence-corrected chi connectivity index (χ4v) is 2.36. The molecule has 1 aromatic heterocycles. The molecule has 0 unspecified atom stereocenters. The lowest BCUT2D eigenvalue weighted by molar-refractivity contribution is 0.0697. The number of hydrogen-bond acceptors (Lipinski definition) is 3. The van der Waals surface area contributed by atoms with Crippen LogP contribution in [0, 0.1) is 6.92 Å². The number of rotatable bonds is 4. The predicted octanol–water partition coefficient (Wildman–Crippen LogP) is 3.85. The van der Waals surface area contributed by atoms with Crippen LogP contribution in [0.15, 0.2) is 54.7 Å². The molecule has 0 aliphatic carbocycles. The Balaban J connectivity index is 1.81. The highest BCUT2D eigenvalue weighted by Crippen LogP contribution is 2.19. The third kappa shape index (κ3) is 2.91. The van der Waals surface area contributed by atoms with Crippen LogP contribution in [-0.2, 0) is 6.54 Å². The number of aromatic carboxylic acids is 1. The second-order valence-electron chi connectivity index (χ2n) is 5.22. The predicted molar refractivity (Wildman–Crippen MR) is 87.2 cm³/mol. The van der Waals surface area contributed by atoms with Gasteiger partial charge in [-0.3, -0.25) is 4.98 Å². The van der Waals surface area contributed by atoms with E-state index in [1.54, 1.807) is 12.1 Å². The average Bonchev–Trinajstić information content (AvgIpc) is 2.53. The quantitative estimate of drug-likeness (QED) is 0.766. The topological polar surface area (TPSA) is 62.2 Å². The van der Waals surface area contributed by atoms with Crippen LogP contribution in [0.4, 0.5) is 5.69 Å². The van der Waals surface area contributed by atoms with E-state index in [1.165, 1.54) is 0 Å². The number of anilines is 1. The lowest BCUT2D eigenvalue weighted by Crippen LogP contribution is -2.04.